The molecule has 0 aliphatic rings. The summed E-state index contributed by atoms with van der Waals surface area (Å²) in [5.74, 6) is 0. The maximum absolute atomic E-state index is 5.85. The predicted octanol–water partition coefficient (Wildman–Crippen LogP) is 3.38. The van der Waals surface area contributed by atoms with Crippen LogP contribution in [-0.4, -0.2) is 0 Å². The first kappa shape index (κ1) is 27.5. The molecule has 0 unspecified atom stereocenters. The molecule has 0 radical (unpaired) electrons. The van der Waals surface area contributed by atoms with E-state index in [-0.39, 0.29) is 32.8 Å². The molecule has 0 aromatic heterocycles. The maximum Gasteiger partial charge on any atom is 0.0393 e. The van der Waals surface area contributed by atoms with E-state index in [0.717, 1.165) is 11.3 Å². The third kappa shape index (κ3) is 7.39. The van der Waals surface area contributed by atoms with Crippen LogP contribution in [0, 0.1) is 0 Å². The van der Waals surface area contributed by atoms with Crippen molar-refractivity contribution in [2.24, 2.45) is 0 Å². The fourth-order valence-electron chi connectivity index (χ4n) is 3.56. The first-order valence-electron chi connectivity index (χ1n) is 10.7. The van der Waals surface area contributed by atoms with Gasteiger partial charge in [0, 0.05) is 31.7 Å². The van der Waals surface area contributed by atoms with E-state index in [4.69, 9.17) is 5.73 Å². The standard InChI is InChI=1S/C18H15P.C12H11N.ClH.Pd/c1-4-10-16(11-5-1)19(17-12-6-2-7-13-17)18-14-8-3-9-15-18;13-12-9-5-4-8-11(12)10-6-2-1-3-7-10;;/h1-15H;1-9H,13H2;1H;/p-1. The fourth-order valence-corrected chi connectivity index (χ4v) is 5.86. The molecule has 174 valence electrons. The quantitative estimate of drug-likeness (QED) is 0.199. The summed E-state index contributed by atoms with van der Waals surface area (Å²) in [5.41, 5.74) is 8.95. The minimum Gasteiger partial charge on any atom is -1.00 e. The van der Waals surface area contributed by atoms with Crippen molar-refractivity contribution < 1.29 is 32.8 Å². The molecule has 0 atom stereocenters. The molecule has 1 nitrogen and oxygen atoms in total. The molecule has 0 aliphatic carbocycles. The van der Waals surface area contributed by atoms with Gasteiger partial charge in [-0.3, -0.25) is 0 Å². The number of hydrogen-bond acceptors (Lipinski definition) is 1. The topological polar surface area (TPSA) is 26.0 Å². The molecule has 0 spiro atoms. The van der Waals surface area contributed by atoms with E-state index in [2.05, 4.69) is 103 Å². The molecule has 0 heterocycles. The van der Waals surface area contributed by atoms with Crippen molar-refractivity contribution in [1.29, 1.82) is 0 Å². The van der Waals surface area contributed by atoms with Crippen LogP contribution < -0.4 is 34.1 Å². The molecule has 0 saturated heterocycles. The summed E-state index contributed by atoms with van der Waals surface area (Å²) >= 11 is 0. The van der Waals surface area contributed by atoms with Gasteiger partial charge >= 0.3 is 0 Å². The Morgan fingerprint density at radius 3 is 1.12 bits per heavy atom. The van der Waals surface area contributed by atoms with E-state index in [9.17, 15) is 0 Å². The molecule has 34 heavy (non-hydrogen) atoms. The molecule has 5 aromatic rings. The minimum atomic E-state index is -0.446. The summed E-state index contributed by atoms with van der Waals surface area (Å²) in [4.78, 5) is 0. The van der Waals surface area contributed by atoms with E-state index in [0.29, 0.717) is 0 Å². The second kappa shape index (κ2) is 14.5. The molecule has 5 aromatic carbocycles. The number of para-hydroxylation sites is 1. The van der Waals surface area contributed by atoms with Gasteiger partial charge in [0.15, 0.2) is 0 Å². The van der Waals surface area contributed by atoms with Gasteiger partial charge in [0.1, 0.15) is 0 Å². The van der Waals surface area contributed by atoms with E-state index in [1.807, 2.05) is 42.5 Å². The average molecular weight is 573 g/mol. The zero-order valence-corrected chi connectivity index (χ0v) is 21.8. The summed E-state index contributed by atoms with van der Waals surface area (Å²) in [5, 5.41) is 4.19. The Morgan fingerprint density at radius 1 is 0.412 bits per heavy atom. The largest absolute Gasteiger partial charge is 1.00 e. The number of anilines is 1. The van der Waals surface area contributed by atoms with Gasteiger partial charge in [-0.2, -0.15) is 0 Å². The third-order valence-electron chi connectivity index (χ3n) is 5.09. The summed E-state index contributed by atoms with van der Waals surface area (Å²) in [6.45, 7) is 0. The molecular weight excluding hydrogens is 547 g/mol. The number of nitrogen functional groups attached to an aromatic ring is 1. The van der Waals surface area contributed by atoms with Crippen LogP contribution in [0.15, 0.2) is 146 Å². The molecule has 4 heteroatoms. The number of nitrogens with two attached hydrogens (primary N) is 1. The van der Waals surface area contributed by atoms with E-state index >= 15 is 0 Å². The summed E-state index contributed by atoms with van der Waals surface area (Å²) < 4.78 is 0. The third-order valence-corrected chi connectivity index (χ3v) is 7.53. The van der Waals surface area contributed by atoms with Crippen LogP contribution in [0.25, 0.3) is 11.1 Å². The van der Waals surface area contributed by atoms with Crippen molar-refractivity contribution in [3.63, 3.8) is 0 Å². The number of hydrogen-bond donors (Lipinski definition) is 1. The van der Waals surface area contributed by atoms with Crippen LogP contribution in [0.5, 0.6) is 0 Å². The van der Waals surface area contributed by atoms with Crippen molar-refractivity contribution >= 4 is 29.5 Å². The van der Waals surface area contributed by atoms with Crippen molar-refractivity contribution in [2.75, 3.05) is 5.73 Å². The number of rotatable bonds is 4. The Morgan fingerprint density at radius 2 is 0.735 bits per heavy atom. The Hall–Kier alpha value is -2.72. The normalized spacial score (nSPS) is 9.68. The van der Waals surface area contributed by atoms with Crippen LogP contribution in [0.1, 0.15) is 0 Å². The molecule has 0 bridgehead atoms. The van der Waals surface area contributed by atoms with Gasteiger partial charge in [-0.25, -0.2) is 0 Å². The van der Waals surface area contributed by atoms with Crippen LogP contribution >= 0.6 is 7.92 Å². The first-order chi connectivity index (χ1) is 15.8. The molecule has 0 saturated carbocycles. The summed E-state index contributed by atoms with van der Waals surface area (Å²) in [7, 11) is -0.446. The molecule has 5 rings (SSSR count). The Kier molecular flexibility index (Phi) is 11.8. The van der Waals surface area contributed by atoms with E-state index < -0.39 is 7.92 Å². The van der Waals surface area contributed by atoms with Crippen LogP contribution in [0.2, 0.25) is 0 Å². The van der Waals surface area contributed by atoms with E-state index in [1.165, 1.54) is 21.5 Å². The molecule has 0 amide bonds. The van der Waals surface area contributed by atoms with Crippen molar-refractivity contribution in [2.45, 2.75) is 0 Å². The Labute approximate surface area is 223 Å². The van der Waals surface area contributed by atoms with Crippen molar-refractivity contribution in [3.8, 4) is 11.1 Å². The zero-order chi connectivity index (χ0) is 22.0. The maximum atomic E-state index is 5.85. The summed E-state index contributed by atoms with van der Waals surface area (Å²) in [6, 6.07) is 50.4. The van der Waals surface area contributed by atoms with Crippen LogP contribution in [0.3, 0.4) is 0 Å². The fraction of sp³-hybridized carbons (Fsp3) is 0. The van der Waals surface area contributed by atoms with Crippen LogP contribution in [-0.2, 0) is 20.4 Å². The Balaban J connectivity index is 0.000000241. The van der Waals surface area contributed by atoms with Gasteiger partial charge in [-0.15, -0.1) is 0 Å². The van der Waals surface area contributed by atoms with Crippen molar-refractivity contribution in [1.82, 2.24) is 0 Å². The smallest absolute Gasteiger partial charge is 0.0393 e. The second-order valence-electron chi connectivity index (χ2n) is 7.30. The van der Waals surface area contributed by atoms with Crippen molar-refractivity contribution in [3.05, 3.63) is 146 Å². The van der Waals surface area contributed by atoms with Gasteiger partial charge in [0.2, 0.25) is 0 Å². The summed E-state index contributed by atoms with van der Waals surface area (Å²) in [6.07, 6.45) is 0. The Bertz CT molecular complexity index is 1130. The second-order valence-corrected chi connectivity index (χ2v) is 9.52. The van der Waals surface area contributed by atoms with E-state index in [1.54, 1.807) is 0 Å². The first-order valence-corrected chi connectivity index (χ1v) is 12.0. The molecular formula is C30H26ClNPPd-. The average Bonchev–Trinajstić information content (AvgIpc) is 2.87. The van der Waals surface area contributed by atoms with Gasteiger partial charge in [0.25, 0.3) is 0 Å². The van der Waals surface area contributed by atoms with Gasteiger partial charge in [-0.1, -0.05) is 140 Å². The number of benzene rings is 5. The number of halogens is 1. The van der Waals surface area contributed by atoms with Gasteiger partial charge in [0.05, 0.1) is 0 Å². The monoisotopic (exact) mass is 572 g/mol. The zero-order valence-electron chi connectivity index (χ0n) is 18.6. The minimum absolute atomic E-state index is 0. The SMILES string of the molecule is Nc1ccccc1-c1ccccc1.[Cl-].[Pd].c1ccc(P(c2ccccc2)c2ccccc2)cc1. The molecule has 2 N–H and O–H groups in total. The molecule has 0 aliphatic heterocycles. The van der Waals surface area contributed by atoms with Gasteiger partial charge < -0.3 is 18.1 Å². The van der Waals surface area contributed by atoms with Crippen LogP contribution in [0.4, 0.5) is 5.69 Å². The molecule has 0 fully saturated rings. The van der Waals surface area contributed by atoms with Gasteiger partial charge in [-0.05, 0) is 35.5 Å². The predicted molar refractivity (Wildman–Crippen MR) is 141 cm³/mol.